The molecule has 0 aliphatic rings. The molecule has 0 aliphatic heterocycles. The third-order valence-electron chi connectivity index (χ3n) is 2.92. The molecule has 98 valence electrons. The first-order chi connectivity index (χ1) is 7.18. The molecule has 0 aliphatic carbocycles. The molecule has 0 aromatic rings. The van der Waals surface area contributed by atoms with E-state index in [9.17, 15) is 0 Å². The molecule has 1 atom stereocenters. The molecule has 16 heavy (non-hydrogen) atoms. The summed E-state index contributed by atoms with van der Waals surface area (Å²) in [4.78, 5) is 0. The van der Waals surface area contributed by atoms with Crippen LogP contribution in [0.5, 0.6) is 0 Å². The van der Waals surface area contributed by atoms with Gasteiger partial charge in [0.15, 0.2) is 0 Å². The summed E-state index contributed by atoms with van der Waals surface area (Å²) < 4.78 is 0. The van der Waals surface area contributed by atoms with Gasteiger partial charge in [-0.25, -0.2) is 0 Å². The Morgan fingerprint density at radius 3 is 2.12 bits per heavy atom. The number of nitrogens with one attached hydrogen (secondary N) is 1. The molecule has 0 spiro atoms. The highest BCUT2D eigenvalue weighted by molar-refractivity contribution is 6.76. The van der Waals surface area contributed by atoms with Crippen LogP contribution in [0.15, 0.2) is 0 Å². The van der Waals surface area contributed by atoms with Gasteiger partial charge in [-0.2, -0.15) is 0 Å². The molecule has 0 radical (unpaired) electrons. The van der Waals surface area contributed by atoms with Gasteiger partial charge < -0.3 is 5.32 Å². The maximum absolute atomic E-state index is 3.66. The minimum absolute atomic E-state index is 0.522. The summed E-state index contributed by atoms with van der Waals surface area (Å²) in [5.74, 6) is 0.762. The minimum atomic E-state index is -0.947. The zero-order valence-electron chi connectivity index (χ0n) is 12.6. The van der Waals surface area contributed by atoms with Gasteiger partial charge in [-0.3, -0.25) is 0 Å². The zero-order chi connectivity index (χ0) is 12.8. The Morgan fingerprint density at radius 1 is 1.19 bits per heavy atom. The summed E-state index contributed by atoms with van der Waals surface area (Å²) in [5.41, 5.74) is 0.522. The van der Waals surface area contributed by atoms with Crippen LogP contribution in [-0.2, 0) is 0 Å². The summed E-state index contributed by atoms with van der Waals surface area (Å²) in [6, 6.07) is 1.44. The predicted molar refractivity (Wildman–Crippen MR) is 78.9 cm³/mol. The first-order valence-electron chi connectivity index (χ1n) is 6.89. The maximum atomic E-state index is 3.66. The lowest BCUT2D eigenvalue weighted by atomic mass is 9.87. The Kier molecular flexibility index (Phi) is 6.88. The van der Waals surface area contributed by atoms with Crippen molar-refractivity contribution in [3.63, 3.8) is 0 Å². The molecular formula is C14H33NSi. The van der Waals surface area contributed by atoms with Crippen molar-refractivity contribution in [3.8, 4) is 0 Å². The Bertz CT molecular complexity index is 184. The van der Waals surface area contributed by atoms with Crippen LogP contribution in [0.4, 0.5) is 0 Å². The second-order valence-electron chi connectivity index (χ2n) is 7.32. The van der Waals surface area contributed by atoms with Crippen molar-refractivity contribution in [2.75, 3.05) is 13.1 Å². The highest BCUT2D eigenvalue weighted by Crippen LogP contribution is 2.33. The van der Waals surface area contributed by atoms with Crippen LogP contribution >= 0.6 is 0 Å². The van der Waals surface area contributed by atoms with Crippen LogP contribution in [0.2, 0.25) is 25.7 Å². The summed E-state index contributed by atoms with van der Waals surface area (Å²) in [7, 11) is -0.947. The van der Waals surface area contributed by atoms with Crippen molar-refractivity contribution in [3.05, 3.63) is 0 Å². The summed E-state index contributed by atoms with van der Waals surface area (Å²) in [6.45, 7) is 19.2. The molecule has 0 rings (SSSR count). The molecule has 1 unspecified atom stereocenters. The standard InChI is InChI=1S/C14H33NSi/c1-8-9-14(4,12-16(5,6)7)11-15-10-13(2)3/h13,15H,8-12H2,1-7H3. The van der Waals surface area contributed by atoms with E-state index in [1.165, 1.54) is 25.4 Å². The Labute approximate surface area is 104 Å². The van der Waals surface area contributed by atoms with Gasteiger partial charge in [0.1, 0.15) is 0 Å². The van der Waals surface area contributed by atoms with Crippen LogP contribution in [0.3, 0.4) is 0 Å². The summed E-state index contributed by atoms with van der Waals surface area (Å²) >= 11 is 0. The van der Waals surface area contributed by atoms with Gasteiger partial charge >= 0.3 is 0 Å². The van der Waals surface area contributed by atoms with Crippen LogP contribution in [0, 0.1) is 11.3 Å². The molecule has 0 fully saturated rings. The van der Waals surface area contributed by atoms with Gasteiger partial charge in [-0.1, -0.05) is 59.8 Å². The van der Waals surface area contributed by atoms with E-state index in [2.05, 4.69) is 52.7 Å². The van der Waals surface area contributed by atoms with Crippen LogP contribution < -0.4 is 5.32 Å². The molecule has 0 aromatic heterocycles. The van der Waals surface area contributed by atoms with E-state index in [1.807, 2.05) is 0 Å². The second-order valence-corrected chi connectivity index (χ2v) is 12.8. The molecule has 2 heteroatoms. The second kappa shape index (κ2) is 6.80. The predicted octanol–water partition coefficient (Wildman–Crippen LogP) is 4.38. The topological polar surface area (TPSA) is 12.0 Å². The first kappa shape index (κ1) is 16.2. The summed E-state index contributed by atoms with van der Waals surface area (Å²) in [6.07, 6.45) is 2.67. The van der Waals surface area contributed by atoms with Gasteiger partial charge in [0, 0.05) is 14.6 Å². The lowest BCUT2D eigenvalue weighted by Gasteiger charge is -2.35. The molecular weight excluding hydrogens is 210 g/mol. The molecule has 0 bridgehead atoms. The quantitative estimate of drug-likeness (QED) is 0.624. The first-order valence-corrected chi connectivity index (χ1v) is 10.6. The van der Waals surface area contributed by atoms with Crippen LogP contribution in [0.25, 0.3) is 0 Å². The largest absolute Gasteiger partial charge is 0.316 e. The molecule has 0 amide bonds. The average molecular weight is 244 g/mol. The highest BCUT2D eigenvalue weighted by Gasteiger charge is 2.29. The van der Waals surface area contributed by atoms with Gasteiger partial charge in [-0.05, 0) is 24.3 Å². The fraction of sp³-hybridized carbons (Fsp3) is 1.00. The van der Waals surface area contributed by atoms with Crippen LogP contribution in [0.1, 0.15) is 40.5 Å². The lowest BCUT2D eigenvalue weighted by molar-refractivity contribution is 0.301. The lowest BCUT2D eigenvalue weighted by Crippen LogP contribution is -2.39. The molecule has 1 N–H and O–H groups in total. The van der Waals surface area contributed by atoms with Crippen molar-refractivity contribution < 1.29 is 0 Å². The fourth-order valence-electron chi connectivity index (χ4n) is 2.79. The Morgan fingerprint density at radius 2 is 1.75 bits per heavy atom. The maximum Gasteiger partial charge on any atom is 0.0448 e. The van der Waals surface area contributed by atoms with E-state index in [-0.39, 0.29) is 0 Å². The molecule has 0 aromatic carbocycles. The van der Waals surface area contributed by atoms with E-state index in [0.29, 0.717) is 5.41 Å². The van der Waals surface area contributed by atoms with Crippen molar-refractivity contribution in [1.82, 2.24) is 5.32 Å². The van der Waals surface area contributed by atoms with Gasteiger partial charge in [0.05, 0.1) is 0 Å². The van der Waals surface area contributed by atoms with Crippen molar-refractivity contribution in [1.29, 1.82) is 0 Å². The third kappa shape index (κ3) is 8.34. The van der Waals surface area contributed by atoms with Crippen molar-refractivity contribution >= 4 is 8.07 Å². The van der Waals surface area contributed by atoms with E-state index >= 15 is 0 Å². The van der Waals surface area contributed by atoms with E-state index in [4.69, 9.17) is 0 Å². The van der Waals surface area contributed by atoms with E-state index < -0.39 is 8.07 Å². The molecule has 0 heterocycles. The normalized spacial score (nSPS) is 16.5. The monoisotopic (exact) mass is 243 g/mol. The molecule has 1 nitrogen and oxygen atoms in total. The SMILES string of the molecule is CCCC(C)(CNCC(C)C)C[Si](C)(C)C. The number of rotatable bonds is 8. The van der Waals surface area contributed by atoms with E-state index in [0.717, 1.165) is 12.5 Å². The summed E-state index contributed by atoms with van der Waals surface area (Å²) in [5, 5.41) is 3.66. The van der Waals surface area contributed by atoms with Crippen LogP contribution in [-0.4, -0.2) is 21.2 Å². The van der Waals surface area contributed by atoms with Gasteiger partial charge in [-0.15, -0.1) is 0 Å². The van der Waals surface area contributed by atoms with Crippen molar-refractivity contribution in [2.45, 2.75) is 66.2 Å². The molecule has 0 saturated carbocycles. The minimum Gasteiger partial charge on any atom is -0.316 e. The third-order valence-corrected chi connectivity index (χ3v) is 4.83. The van der Waals surface area contributed by atoms with E-state index in [1.54, 1.807) is 0 Å². The average Bonchev–Trinajstić information content (AvgIpc) is 1.98. The number of hydrogen-bond acceptors (Lipinski definition) is 1. The van der Waals surface area contributed by atoms with Crippen molar-refractivity contribution in [2.24, 2.45) is 11.3 Å². The smallest absolute Gasteiger partial charge is 0.0448 e. The Hall–Kier alpha value is 0.177. The highest BCUT2D eigenvalue weighted by atomic mass is 28.3. The molecule has 0 saturated heterocycles. The van der Waals surface area contributed by atoms with Gasteiger partial charge in [0.2, 0.25) is 0 Å². The number of hydrogen-bond donors (Lipinski definition) is 1. The zero-order valence-corrected chi connectivity index (χ0v) is 13.6. The van der Waals surface area contributed by atoms with Gasteiger partial charge in [0.25, 0.3) is 0 Å². The fourth-order valence-corrected chi connectivity index (χ4v) is 5.65. The Balaban J connectivity index is 4.22.